The molecule has 0 saturated heterocycles. The lowest BCUT2D eigenvalue weighted by Crippen LogP contribution is -2.43. The van der Waals surface area contributed by atoms with Crippen LogP contribution in [0.3, 0.4) is 0 Å². The van der Waals surface area contributed by atoms with E-state index in [4.69, 9.17) is 13.8 Å². The first-order valence-corrected chi connectivity index (χ1v) is 27.0. The molecule has 0 saturated carbocycles. The molecule has 4 N–H and O–H groups in total. The number of esters is 1. The number of nitrogens with one attached hydrogen (secondary N) is 1. The van der Waals surface area contributed by atoms with E-state index < -0.39 is 57.6 Å². The molecule has 0 aromatic rings. The molecule has 0 rings (SSSR count). The van der Waals surface area contributed by atoms with Gasteiger partial charge in [-0.2, -0.15) is 0 Å². The number of phosphoric acid groups is 1. The van der Waals surface area contributed by atoms with Crippen LogP contribution in [0.25, 0.3) is 0 Å². The lowest BCUT2D eigenvalue weighted by atomic mass is 10.0. The normalized spacial score (nSPS) is 14.2. The predicted molar refractivity (Wildman–Crippen MR) is 268 cm³/mol. The van der Waals surface area contributed by atoms with Gasteiger partial charge in [0, 0.05) is 12.8 Å². The lowest BCUT2D eigenvalue weighted by Gasteiger charge is -2.18. The monoisotopic (exact) mass is 934 g/mol. The molecule has 0 heterocycles. The van der Waals surface area contributed by atoms with E-state index >= 15 is 0 Å². The molecular formula is C53H92NO10P. The van der Waals surface area contributed by atoms with Crippen LogP contribution < -0.4 is 5.32 Å². The lowest BCUT2D eigenvalue weighted by molar-refractivity contribution is -0.147. The van der Waals surface area contributed by atoms with E-state index in [0.717, 1.165) is 83.5 Å². The van der Waals surface area contributed by atoms with Crippen molar-refractivity contribution in [2.45, 2.75) is 225 Å². The first-order valence-electron chi connectivity index (χ1n) is 25.5. The predicted octanol–water partition coefficient (Wildman–Crippen LogP) is 14.1. The Hall–Kier alpha value is -3.08. The van der Waals surface area contributed by atoms with Gasteiger partial charge in [0.1, 0.15) is 12.7 Å². The van der Waals surface area contributed by atoms with Gasteiger partial charge in [-0.15, -0.1) is 0 Å². The molecule has 65 heavy (non-hydrogen) atoms. The fraction of sp³-hybridized carbons (Fsp3) is 0.717. The third-order valence-corrected chi connectivity index (χ3v) is 11.7. The van der Waals surface area contributed by atoms with Crippen molar-refractivity contribution < 1.29 is 47.8 Å². The zero-order valence-electron chi connectivity index (χ0n) is 40.8. The average Bonchev–Trinajstić information content (AvgIpc) is 3.28. The summed E-state index contributed by atoms with van der Waals surface area (Å²) in [6, 6.07) is -1.57. The van der Waals surface area contributed by atoms with Crippen LogP contribution in [0.4, 0.5) is 0 Å². The Morgan fingerprint density at radius 2 is 0.892 bits per heavy atom. The SMILES string of the molecule is CC/C=C\C/C=C\C/C=C\C/C=C\C/C=C\C/C=C\CCCCCCC(=O)NC(COP(=O)(O)OCC(O)COC(=O)CCCCCCCCCCCCCCCCCCCC)C(=O)O. The fourth-order valence-electron chi connectivity index (χ4n) is 6.85. The minimum Gasteiger partial charge on any atom is -0.480 e. The number of allylic oxidation sites excluding steroid dienone is 12. The molecule has 0 aliphatic rings. The molecule has 0 aliphatic carbocycles. The molecule has 3 unspecified atom stereocenters. The van der Waals surface area contributed by atoms with E-state index in [-0.39, 0.29) is 12.8 Å². The van der Waals surface area contributed by atoms with Crippen LogP contribution in [0, 0.1) is 0 Å². The third kappa shape index (κ3) is 47.2. The molecular weight excluding hydrogens is 842 g/mol. The number of aliphatic carboxylic acids is 1. The highest BCUT2D eigenvalue weighted by molar-refractivity contribution is 7.47. The van der Waals surface area contributed by atoms with Crippen molar-refractivity contribution in [1.82, 2.24) is 5.32 Å². The van der Waals surface area contributed by atoms with E-state index in [1.54, 1.807) is 0 Å². The van der Waals surface area contributed by atoms with Gasteiger partial charge >= 0.3 is 19.8 Å². The number of carbonyl (C=O) groups excluding carboxylic acids is 2. The molecule has 12 heteroatoms. The fourth-order valence-corrected chi connectivity index (χ4v) is 7.62. The number of carboxylic acids is 1. The Morgan fingerprint density at radius 3 is 1.34 bits per heavy atom. The number of unbranched alkanes of at least 4 members (excludes halogenated alkanes) is 21. The second kappa shape index (κ2) is 47.4. The van der Waals surface area contributed by atoms with Gasteiger partial charge in [-0.05, 0) is 64.2 Å². The average molecular weight is 934 g/mol. The van der Waals surface area contributed by atoms with Gasteiger partial charge in [-0.25, -0.2) is 9.36 Å². The van der Waals surface area contributed by atoms with Crippen molar-refractivity contribution >= 4 is 25.7 Å². The molecule has 3 atom stereocenters. The summed E-state index contributed by atoms with van der Waals surface area (Å²) in [4.78, 5) is 46.1. The third-order valence-electron chi connectivity index (χ3n) is 10.8. The molecule has 0 aromatic carbocycles. The van der Waals surface area contributed by atoms with Gasteiger partial charge in [0.2, 0.25) is 5.91 Å². The minimum absolute atomic E-state index is 0.113. The summed E-state index contributed by atoms with van der Waals surface area (Å²) in [7, 11) is -4.77. The molecule has 0 bridgehead atoms. The van der Waals surface area contributed by atoms with Crippen molar-refractivity contribution in [2.24, 2.45) is 0 Å². The second-order valence-corrected chi connectivity index (χ2v) is 18.4. The van der Waals surface area contributed by atoms with Crippen molar-refractivity contribution in [2.75, 3.05) is 19.8 Å². The largest absolute Gasteiger partial charge is 0.480 e. The Bertz CT molecular complexity index is 1370. The van der Waals surface area contributed by atoms with Gasteiger partial charge in [0.25, 0.3) is 0 Å². The summed E-state index contributed by atoms with van der Waals surface area (Å²) >= 11 is 0. The number of carbonyl (C=O) groups is 3. The zero-order valence-corrected chi connectivity index (χ0v) is 41.7. The first kappa shape index (κ1) is 61.9. The maximum Gasteiger partial charge on any atom is 0.472 e. The number of hydrogen-bond acceptors (Lipinski definition) is 8. The van der Waals surface area contributed by atoms with Gasteiger partial charge in [0.05, 0.1) is 13.2 Å². The van der Waals surface area contributed by atoms with Gasteiger partial charge in [0.15, 0.2) is 6.04 Å². The van der Waals surface area contributed by atoms with Gasteiger partial charge in [-0.1, -0.05) is 209 Å². The Labute approximate surface area is 395 Å². The van der Waals surface area contributed by atoms with E-state index in [1.807, 2.05) is 0 Å². The molecule has 0 aromatic heterocycles. The van der Waals surface area contributed by atoms with Crippen molar-refractivity contribution in [3.63, 3.8) is 0 Å². The van der Waals surface area contributed by atoms with Crippen molar-refractivity contribution in [3.8, 4) is 0 Å². The maximum atomic E-state index is 12.4. The van der Waals surface area contributed by atoms with Gasteiger partial charge < -0.3 is 25.2 Å². The molecule has 374 valence electrons. The van der Waals surface area contributed by atoms with Crippen LogP contribution in [0.5, 0.6) is 0 Å². The summed E-state index contributed by atoms with van der Waals surface area (Å²) in [6.45, 7) is 2.49. The van der Waals surface area contributed by atoms with Crippen LogP contribution in [0.2, 0.25) is 0 Å². The first-order chi connectivity index (χ1) is 31.6. The van der Waals surface area contributed by atoms with Crippen LogP contribution >= 0.6 is 7.82 Å². The topological polar surface area (TPSA) is 169 Å². The number of phosphoric ester groups is 1. The highest BCUT2D eigenvalue weighted by Gasteiger charge is 2.28. The zero-order chi connectivity index (χ0) is 47.7. The van der Waals surface area contributed by atoms with E-state index in [1.165, 1.54) is 89.9 Å². The molecule has 0 radical (unpaired) electrons. The van der Waals surface area contributed by atoms with E-state index in [0.29, 0.717) is 12.8 Å². The second-order valence-electron chi connectivity index (χ2n) is 17.0. The number of carboxylic acid groups (broad SMARTS) is 1. The van der Waals surface area contributed by atoms with Gasteiger partial charge in [-0.3, -0.25) is 18.6 Å². The summed E-state index contributed by atoms with van der Waals surface area (Å²) in [5, 5.41) is 21.9. The number of rotatable bonds is 47. The molecule has 0 fully saturated rings. The number of aliphatic hydroxyl groups is 1. The summed E-state index contributed by atoms with van der Waals surface area (Å²) in [5.41, 5.74) is 0. The molecule has 11 nitrogen and oxygen atoms in total. The van der Waals surface area contributed by atoms with Crippen molar-refractivity contribution in [3.05, 3.63) is 72.9 Å². The number of hydrogen-bond donors (Lipinski definition) is 4. The smallest absolute Gasteiger partial charge is 0.472 e. The van der Waals surface area contributed by atoms with Crippen LogP contribution in [-0.2, 0) is 32.7 Å². The minimum atomic E-state index is -4.77. The maximum absolute atomic E-state index is 12.4. The standard InChI is InChI=1S/C53H92NO10P/c1-3-5-7-9-11-13-15-17-19-21-23-24-25-26-27-28-30-32-34-36-38-40-42-44-51(56)54-50(53(58)59)48-64-65(60,61)63-47-49(55)46-62-52(57)45-43-41-39-37-35-33-31-29-22-20-18-16-14-12-10-8-6-4-2/h5,7,11,13,17,19,23-24,26-27,30,32,49-50,55H,3-4,6,8-10,12,14-16,18,20-22,25,28-29,31,33-48H2,1-2H3,(H,54,56)(H,58,59)(H,60,61)/b7-5-,13-11-,19-17-,24-23-,27-26-,32-30-. The van der Waals surface area contributed by atoms with Crippen LogP contribution in [0.1, 0.15) is 213 Å². The van der Waals surface area contributed by atoms with Crippen LogP contribution in [-0.4, -0.2) is 64.9 Å². The number of aliphatic hydroxyl groups excluding tert-OH is 1. The Balaban J connectivity index is 3.90. The number of ether oxygens (including phenoxy) is 1. The Kier molecular flexibility index (Phi) is 45.2. The van der Waals surface area contributed by atoms with Crippen LogP contribution in [0.15, 0.2) is 72.9 Å². The van der Waals surface area contributed by atoms with E-state index in [2.05, 4.69) is 92.1 Å². The summed E-state index contributed by atoms with van der Waals surface area (Å²) in [6.07, 6.45) is 57.8. The highest BCUT2D eigenvalue weighted by atomic mass is 31.2. The van der Waals surface area contributed by atoms with Crippen molar-refractivity contribution in [1.29, 1.82) is 0 Å². The molecule has 1 amide bonds. The number of amides is 1. The highest BCUT2D eigenvalue weighted by Crippen LogP contribution is 2.43. The quantitative estimate of drug-likeness (QED) is 0.0199. The summed E-state index contributed by atoms with van der Waals surface area (Å²) in [5.74, 6) is -2.41. The molecule has 0 spiro atoms. The van der Waals surface area contributed by atoms with E-state index in [9.17, 15) is 34.1 Å². The summed E-state index contributed by atoms with van der Waals surface area (Å²) < 4.78 is 26.9. The molecule has 0 aliphatic heterocycles. The Morgan fingerprint density at radius 1 is 0.508 bits per heavy atom.